The Kier molecular flexibility index (Phi) is 4.83. The molecule has 8 aromatic rings. The molecule has 0 atom stereocenters. The summed E-state index contributed by atoms with van der Waals surface area (Å²) in [6.45, 7) is 0. The van der Waals surface area contributed by atoms with E-state index in [-0.39, 0.29) is 0 Å². The molecule has 5 nitrogen and oxygen atoms in total. The van der Waals surface area contributed by atoms with Gasteiger partial charge in [0.2, 0.25) is 0 Å². The molecule has 9 rings (SSSR count). The Balaban J connectivity index is 1.36. The van der Waals surface area contributed by atoms with Gasteiger partial charge in [0, 0.05) is 27.5 Å². The van der Waals surface area contributed by atoms with Gasteiger partial charge in [-0.25, -0.2) is 15.0 Å². The number of benzene rings is 6. The van der Waals surface area contributed by atoms with E-state index in [2.05, 4.69) is 71.3 Å². The van der Waals surface area contributed by atoms with E-state index in [0.29, 0.717) is 17.5 Å². The minimum Gasteiger partial charge on any atom is -0.456 e. The number of rotatable bonds is 4. The van der Waals surface area contributed by atoms with Crippen molar-refractivity contribution in [2.45, 2.75) is 0 Å². The second-order valence-electron chi connectivity index (χ2n) is 10.5. The first-order chi connectivity index (χ1) is 20.8. The molecule has 0 spiro atoms. The van der Waals surface area contributed by atoms with Gasteiger partial charge in [0.1, 0.15) is 11.5 Å². The van der Waals surface area contributed by atoms with Crippen LogP contribution in [0.4, 0.5) is 0 Å². The van der Waals surface area contributed by atoms with Crippen molar-refractivity contribution < 1.29 is 4.74 Å². The van der Waals surface area contributed by atoms with Gasteiger partial charge >= 0.3 is 0 Å². The van der Waals surface area contributed by atoms with Crippen LogP contribution in [0.1, 0.15) is 0 Å². The van der Waals surface area contributed by atoms with Gasteiger partial charge in [0.25, 0.3) is 0 Å². The highest BCUT2D eigenvalue weighted by Crippen LogP contribution is 2.49. The Morgan fingerprint density at radius 3 is 1.76 bits per heavy atom. The Morgan fingerprint density at radius 1 is 0.429 bits per heavy atom. The summed E-state index contributed by atoms with van der Waals surface area (Å²) in [6, 6.07) is 45.4. The Hall–Kier alpha value is -5.81. The molecule has 1 aliphatic rings. The number of hydrogen-bond donors (Lipinski definition) is 0. The average molecular weight is 539 g/mol. The fourth-order valence-electron chi connectivity index (χ4n) is 6.20. The van der Waals surface area contributed by atoms with E-state index in [4.69, 9.17) is 19.7 Å². The van der Waals surface area contributed by atoms with E-state index >= 15 is 0 Å². The van der Waals surface area contributed by atoms with Gasteiger partial charge in [0.15, 0.2) is 17.5 Å². The molecular formula is C37H22N4O. The van der Waals surface area contributed by atoms with Gasteiger partial charge < -0.3 is 9.30 Å². The summed E-state index contributed by atoms with van der Waals surface area (Å²) < 4.78 is 8.75. The van der Waals surface area contributed by atoms with Gasteiger partial charge in [-0.15, -0.1) is 0 Å². The summed E-state index contributed by atoms with van der Waals surface area (Å²) in [5.41, 5.74) is 6.01. The number of nitrogens with zero attached hydrogens (tertiary/aromatic N) is 4. The maximum Gasteiger partial charge on any atom is 0.166 e. The molecule has 0 aliphatic carbocycles. The quantitative estimate of drug-likeness (QED) is 0.224. The third-order valence-corrected chi connectivity index (χ3v) is 8.03. The first-order valence-electron chi connectivity index (χ1n) is 14.0. The number of aromatic nitrogens is 4. The molecule has 2 aromatic heterocycles. The zero-order chi connectivity index (χ0) is 27.6. The van der Waals surface area contributed by atoms with Gasteiger partial charge in [-0.05, 0) is 41.8 Å². The summed E-state index contributed by atoms with van der Waals surface area (Å²) >= 11 is 0. The van der Waals surface area contributed by atoms with Crippen LogP contribution >= 0.6 is 0 Å². The molecule has 196 valence electrons. The Labute approximate surface area is 241 Å². The third kappa shape index (κ3) is 3.34. The van der Waals surface area contributed by atoms with Crippen molar-refractivity contribution in [2.24, 2.45) is 0 Å². The van der Waals surface area contributed by atoms with E-state index in [1.165, 1.54) is 10.8 Å². The SMILES string of the molecule is c1ccc(-c2nc(-c3ccccc3)nc(-c3ccccc3-n3c4cccc5c4c4c6c(cccc6ccc43)O5)n2)cc1. The van der Waals surface area contributed by atoms with Crippen LogP contribution < -0.4 is 4.74 Å². The molecule has 5 heteroatoms. The minimum absolute atomic E-state index is 0.622. The van der Waals surface area contributed by atoms with Gasteiger partial charge in [-0.1, -0.05) is 97.1 Å². The van der Waals surface area contributed by atoms with Crippen LogP contribution in [-0.2, 0) is 0 Å². The molecule has 0 amide bonds. The van der Waals surface area contributed by atoms with Crippen molar-refractivity contribution in [1.82, 2.24) is 19.5 Å². The molecule has 0 N–H and O–H groups in total. The minimum atomic E-state index is 0.622. The van der Waals surface area contributed by atoms with Crippen LogP contribution in [0.25, 0.3) is 72.4 Å². The number of para-hydroxylation sites is 1. The van der Waals surface area contributed by atoms with Gasteiger partial charge in [-0.3, -0.25) is 0 Å². The fraction of sp³-hybridized carbons (Fsp3) is 0. The maximum atomic E-state index is 6.43. The van der Waals surface area contributed by atoms with Crippen LogP contribution in [0.15, 0.2) is 133 Å². The van der Waals surface area contributed by atoms with Gasteiger partial charge in [-0.2, -0.15) is 0 Å². The molecule has 0 fully saturated rings. The second-order valence-corrected chi connectivity index (χ2v) is 10.5. The molecule has 1 aliphatic heterocycles. The third-order valence-electron chi connectivity index (χ3n) is 8.03. The van der Waals surface area contributed by atoms with E-state index in [9.17, 15) is 0 Å². The van der Waals surface area contributed by atoms with Crippen LogP contribution in [0.5, 0.6) is 11.5 Å². The lowest BCUT2D eigenvalue weighted by Crippen LogP contribution is -2.03. The summed E-state index contributed by atoms with van der Waals surface area (Å²) in [5, 5.41) is 4.64. The lowest BCUT2D eigenvalue weighted by molar-refractivity contribution is 0.493. The monoisotopic (exact) mass is 538 g/mol. The van der Waals surface area contributed by atoms with E-state index in [1.807, 2.05) is 66.7 Å². The zero-order valence-corrected chi connectivity index (χ0v) is 22.4. The molecule has 0 bridgehead atoms. The highest BCUT2D eigenvalue weighted by Gasteiger charge is 2.25. The summed E-state index contributed by atoms with van der Waals surface area (Å²) in [4.78, 5) is 15.0. The molecule has 0 unspecified atom stereocenters. The number of hydrogen-bond acceptors (Lipinski definition) is 4. The molecule has 0 radical (unpaired) electrons. The van der Waals surface area contributed by atoms with Crippen molar-refractivity contribution >= 4 is 32.6 Å². The average Bonchev–Trinajstić information content (AvgIpc) is 3.41. The Bertz CT molecular complexity index is 2270. The normalized spacial score (nSPS) is 12.0. The topological polar surface area (TPSA) is 52.8 Å². The maximum absolute atomic E-state index is 6.43. The molecule has 42 heavy (non-hydrogen) atoms. The van der Waals surface area contributed by atoms with E-state index < -0.39 is 0 Å². The van der Waals surface area contributed by atoms with Crippen molar-refractivity contribution in [3.63, 3.8) is 0 Å². The highest BCUT2D eigenvalue weighted by molar-refractivity contribution is 6.26. The largest absolute Gasteiger partial charge is 0.456 e. The highest BCUT2D eigenvalue weighted by atomic mass is 16.5. The van der Waals surface area contributed by atoms with Crippen LogP contribution in [0.3, 0.4) is 0 Å². The van der Waals surface area contributed by atoms with Crippen LogP contribution in [0, 0.1) is 0 Å². The molecule has 0 saturated heterocycles. The fourth-order valence-corrected chi connectivity index (χ4v) is 6.20. The zero-order valence-electron chi connectivity index (χ0n) is 22.4. The summed E-state index contributed by atoms with van der Waals surface area (Å²) in [5.74, 6) is 3.66. The number of ether oxygens (including phenoxy) is 1. The predicted octanol–water partition coefficient (Wildman–Crippen LogP) is 9.23. The van der Waals surface area contributed by atoms with E-state index in [1.54, 1.807) is 0 Å². The standard InChI is InChI=1S/C37H22N4O/c1-3-11-24(12-4-1)35-38-36(25-13-5-2-6-14-25)40-37(39-35)26-16-7-8-17-27(26)41-28-18-10-20-31-33(28)34-29(41)22-21-23-15-9-19-30(42-31)32(23)34/h1-22H. The molecular weight excluding hydrogens is 516 g/mol. The predicted molar refractivity (Wildman–Crippen MR) is 168 cm³/mol. The smallest absolute Gasteiger partial charge is 0.166 e. The molecule has 3 heterocycles. The van der Waals surface area contributed by atoms with Crippen molar-refractivity contribution in [2.75, 3.05) is 0 Å². The summed E-state index contributed by atoms with van der Waals surface area (Å²) in [7, 11) is 0. The second kappa shape index (κ2) is 8.85. The van der Waals surface area contributed by atoms with Crippen molar-refractivity contribution in [3.8, 4) is 51.3 Å². The lowest BCUT2D eigenvalue weighted by Gasteiger charge is -2.15. The first kappa shape index (κ1) is 22.9. The first-order valence-corrected chi connectivity index (χ1v) is 14.0. The van der Waals surface area contributed by atoms with Crippen molar-refractivity contribution in [1.29, 1.82) is 0 Å². The lowest BCUT2D eigenvalue weighted by atomic mass is 10.0. The van der Waals surface area contributed by atoms with Crippen LogP contribution in [0.2, 0.25) is 0 Å². The van der Waals surface area contributed by atoms with Crippen LogP contribution in [-0.4, -0.2) is 19.5 Å². The van der Waals surface area contributed by atoms with E-state index in [0.717, 1.165) is 55.7 Å². The van der Waals surface area contributed by atoms with Gasteiger partial charge in [0.05, 0.1) is 22.1 Å². The van der Waals surface area contributed by atoms with Crippen molar-refractivity contribution in [3.05, 3.63) is 133 Å². The molecule has 0 saturated carbocycles. The molecule has 6 aromatic carbocycles. The Morgan fingerprint density at radius 2 is 1.02 bits per heavy atom. The summed E-state index contributed by atoms with van der Waals surface area (Å²) in [6.07, 6.45) is 0.